The average molecular weight is 237 g/mol. The van der Waals surface area contributed by atoms with Crippen molar-refractivity contribution < 1.29 is 14.6 Å². The molecule has 0 amide bonds. The molecule has 0 unspecified atom stereocenters. The number of carboxylic acids is 1. The van der Waals surface area contributed by atoms with Crippen LogP contribution in [-0.2, 0) is 4.79 Å². The summed E-state index contributed by atoms with van der Waals surface area (Å²) in [5.41, 5.74) is 0.826. The van der Waals surface area contributed by atoms with Crippen LogP contribution in [0, 0.1) is 0 Å². The van der Waals surface area contributed by atoms with Crippen molar-refractivity contribution >= 4 is 11.7 Å². The molecule has 1 N–H and O–H groups in total. The summed E-state index contributed by atoms with van der Waals surface area (Å²) in [6.07, 6.45) is 0.557. The number of benzene rings is 1. The van der Waals surface area contributed by atoms with Gasteiger partial charge in [0.1, 0.15) is 11.8 Å². The number of anilines is 1. The Morgan fingerprint density at radius 2 is 2.06 bits per heavy atom. The van der Waals surface area contributed by atoms with Crippen LogP contribution < -0.4 is 9.64 Å². The molecule has 94 valence electrons. The van der Waals surface area contributed by atoms with Crippen molar-refractivity contribution in [2.75, 3.05) is 18.6 Å². The fraction of sp³-hybridized carbons (Fsp3) is 0.462. The van der Waals surface area contributed by atoms with E-state index in [2.05, 4.69) is 0 Å². The van der Waals surface area contributed by atoms with E-state index in [0.29, 0.717) is 18.7 Å². The van der Waals surface area contributed by atoms with Crippen LogP contribution in [0.15, 0.2) is 24.3 Å². The molecule has 0 heterocycles. The van der Waals surface area contributed by atoms with E-state index >= 15 is 0 Å². The van der Waals surface area contributed by atoms with Crippen molar-refractivity contribution in [2.45, 2.75) is 26.3 Å². The lowest BCUT2D eigenvalue weighted by atomic mass is 10.1. The number of aliphatic carboxylic acids is 1. The minimum atomic E-state index is -0.805. The van der Waals surface area contributed by atoms with E-state index < -0.39 is 12.0 Å². The maximum atomic E-state index is 11.2. The van der Waals surface area contributed by atoms with Gasteiger partial charge in [-0.3, -0.25) is 0 Å². The van der Waals surface area contributed by atoms with Crippen molar-refractivity contribution in [1.82, 2.24) is 0 Å². The smallest absolute Gasteiger partial charge is 0.326 e. The molecule has 1 atom stereocenters. The highest BCUT2D eigenvalue weighted by Crippen LogP contribution is 2.29. The molecule has 0 spiro atoms. The van der Waals surface area contributed by atoms with Crippen molar-refractivity contribution in [3.05, 3.63) is 24.3 Å². The van der Waals surface area contributed by atoms with Gasteiger partial charge in [0.15, 0.2) is 0 Å². The molecule has 0 saturated carbocycles. The topological polar surface area (TPSA) is 49.8 Å². The third-order valence-electron chi connectivity index (χ3n) is 2.78. The predicted molar refractivity (Wildman–Crippen MR) is 67.7 cm³/mol. The molecule has 0 aliphatic heterocycles. The highest BCUT2D eigenvalue weighted by atomic mass is 16.5. The standard InChI is InChI=1S/C13H19NO3/c1-4-10(13(15)16)14(5-2)11-8-6-7-9-12(11)17-3/h6-10H,4-5H2,1-3H3,(H,15,16)/t10-/m1/s1. The molecule has 4 heteroatoms. The predicted octanol–water partition coefficient (Wildman–Crippen LogP) is 2.38. The first kappa shape index (κ1) is 13.4. The summed E-state index contributed by atoms with van der Waals surface area (Å²) in [4.78, 5) is 13.1. The van der Waals surface area contributed by atoms with Crippen molar-refractivity contribution in [1.29, 1.82) is 0 Å². The number of carbonyl (C=O) groups is 1. The van der Waals surface area contributed by atoms with Crippen LogP contribution in [0.25, 0.3) is 0 Å². The monoisotopic (exact) mass is 237 g/mol. The molecule has 0 bridgehead atoms. The van der Waals surface area contributed by atoms with Crippen LogP contribution in [0.2, 0.25) is 0 Å². The van der Waals surface area contributed by atoms with E-state index in [1.807, 2.05) is 43.0 Å². The first-order valence-corrected chi connectivity index (χ1v) is 5.78. The third-order valence-corrected chi connectivity index (χ3v) is 2.78. The number of nitrogens with zero attached hydrogens (tertiary/aromatic N) is 1. The molecule has 0 fully saturated rings. The highest BCUT2D eigenvalue weighted by Gasteiger charge is 2.24. The molecule has 1 aromatic rings. The lowest BCUT2D eigenvalue weighted by Crippen LogP contribution is -2.41. The van der Waals surface area contributed by atoms with Gasteiger partial charge in [0.05, 0.1) is 12.8 Å². The van der Waals surface area contributed by atoms with Gasteiger partial charge in [-0.1, -0.05) is 19.1 Å². The minimum Gasteiger partial charge on any atom is -0.495 e. The SMILES string of the molecule is CC[C@H](C(=O)O)N(CC)c1ccccc1OC. The number of ether oxygens (including phenoxy) is 1. The van der Waals surface area contributed by atoms with E-state index in [1.165, 1.54) is 0 Å². The maximum absolute atomic E-state index is 11.2. The first-order chi connectivity index (χ1) is 8.15. The Hall–Kier alpha value is -1.71. The Balaban J connectivity index is 3.12. The van der Waals surface area contributed by atoms with Crippen LogP contribution in [0.1, 0.15) is 20.3 Å². The molecule has 0 aliphatic carbocycles. The van der Waals surface area contributed by atoms with Crippen LogP contribution in [0.4, 0.5) is 5.69 Å². The number of likely N-dealkylation sites (N-methyl/N-ethyl adjacent to an activating group) is 1. The number of methoxy groups -OCH3 is 1. The van der Waals surface area contributed by atoms with Gasteiger partial charge in [-0.05, 0) is 25.5 Å². The molecule has 0 aromatic heterocycles. The summed E-state index contributed by atoms with van der Waals surface area (Å²) >= 11 is 0. The normalized spacial score (nSPS) is 11.9. The van der Waals surface area contributed by atoms with E-state index in [1.54, 1.807) is 7.11 Å². The third kappa shape index (κ3) is 2.90. The summed E-state index contributed by atoms with van der Waals surface area (Å²) in [6.45, 7) is 4.44. The van der Waals surface area contributed by atoms with E-state index in [4.69, 9.17) is 4.74 Å². The molecule has 4 nitrogen and oxygen atoms in total. The number of hydrogen-bond acceptors (Lipinski definition) is 3. The van der Waals surface area contributed by atoms with E-state index in [0.717, 1.165) is 5.69 Å². The van der Waals surface area contributed by atoms with Crippen LogP contribution in [-0.4, -0.2) is 30.8 Å². The van der Waals surface area contributed by atoms with Crippen LogP contribution in [0.3, 0.4) is 0 Å². The fourth-order valence-electron chi connectivity index (χ4n) is 1.95. The van der Waals surface area contributed by atoms with Gasteiger partial charge >= 0.3 is 5.97 Å². The zero-order chi connectivity index (χ0) is 12.8. The molecule has 1 aromatic carbocycles. The van der Waals surface area contributed by atoms with Gasteiger partial charge in [0, 0.05) is 6.54 Å². The zero-order valence-corrected chi connectivity index (χ0v) is 10.5. The van der Waals surface area contributed by atoms with Gasteiger partial charge in [0.25, 0.3) is 0 Å². The molecule has 17 heavy (non-hydrogen) atoms. The largest absolute Gasteiger partial charge is 0.495 e. The summed E-state index contributed by atoms with van der Waals surface area (Å²) < 4.78 is 5.27. The Bertz CT molecular complexity index is 379. The number of carboxylic acid groups (broad SMARTS) is 1. The van der Waals surface area contributed by atoms with Gasteiger partial charge in [-0.2, -0.15) is 0 Å². The summed E-state index contributed by atoms with van der Waals surface area (Å²) in [7, 11) is 1.59. The van der Waals surface area contributed by atoms with Gasteiger partial charge in [0.2, 0.25) is 0 Å². The van der Waals surface area contributed by atoms with Gasteiger partial charge in [-0.25, -0.2) is 4.79 Å². The van der Waals surface area contributed by atoms with Crippen molar-refractivity contribution in [3.8, 4) is 5.75 Å². The second-order valence-corrected chi connectivity index (χ2v) is 3.72. The van der Waals surface area contributed by atoms with Gasteiger partial charge < -0.3 is 14.7 Å². The molecular weight excluding hydrogens is 218 g/mol. The highest BCUT2D eigenvalue weighted by molar-refractivity contribution is 5.79. The fourth-order valence-corrected chi connectivity index (χ4v) is 1.95. The summed E-state index contributed by atoms with van der Waals surface area (Å²) in [5, 5.41) is 9.22. The van der Waals surface area contributed by atoms with Crippen molar-refractivity contribution in [2.24, 2.45) is 0 Å². The quantitative estimate of drug-likeness (QED) is 0.825. The number of para-hydroxylation sites is 2. The minimum absolute atomic E-state index is 0.517. The first-order valence-electron chi connectivity index (χ1n) is 5.78. The average Bonchev–Trinajstić information content (AvgIpc) is 2.35. The second-order valence-electron chi connectivity index (χ2n) is 3.72. The molecule has 0 aliphatic rings. The Morgan fingerprint density at radius 3 is 2.53 bits per heavy atom. The Morgan fingerprint density at radius 1 is 1.41 bits per heavy atom. The van der Waals surface area contributed by atoms with Crippen molar-refractivity contribution in [3.63, 3.8) is 0 Å². The zero-order valence-electron chi connectivity index (χ0n) is 10.5. The Labute approximate surface area is 102 Å². The Kier molecular flexibility index (Phi) is 4.82. The summed E-state index contributed by atoms with van der Waals surface area (Å²) in [5.74, 6) is -0.102. The maximum Gasteiger partial charge on any atom is 0.326 e. The molecular formula is C13H19NO3. The van der Waals surface area contributed by atoms with E-state index in [9.17, 15) is 9.90 Å². The molecule has 0 radical (unpaired) electrons. The number of hydrogen-bond donors (Lipinski definition) is 1. The van der Waals surface area contributed by atoms with E-state index in [-0.39, 0.29) is 0 Å². The number of rotatable bonds is 6. The second kappa shape index (κ2) is 6.13. The lowest BCUT2D eigenvalue weighted by molar-refractivity contribution is -0.138. The van der Waals surface area contributed by atoms with Crippen LogP contribution in [0.5, 0.6) is 5.75 Å². The van der Waals surface area contributed by atoms with Gasteiger partial charge in [-0.15, -0.1) is 0 Å². The lowest BCUT2D eigenvalue weighted by Gasteiger charge is -2.30. The molecule has 0 saturated heterocycles. The molecule has 1 rings (SSSR count). The van der Waals surface area contributed by atoms with Crippen LogP contribution >= 0.6 is 0 Å². The summed E-state index contributed by atoms with van der Waals surface area (Å²) in [6, 6.07) is 6.96.